The van der Waals surface area contributed by atoms with E-state index in [0.29, 0.717) is 5.56 Å². The number of anilines is 3. The second-order valence-electron chi connectivity index (χ2n) is 6.93. The summed E-state index contributed by atoms with van der Waals surface area (Å²) in [5.41, 5.74) is 6.56. The molecule has 0 aliphatic rings. The van der Waals surface area contributed by atoms with Crippen LogP contribution in [0.15, 0.2) is 78.2 Å². The second kappa shape index (κ2) is 8.29. The van der Waals surface area contributed by atoms with Crippen molar-refractivity contribution in [2.24, 2.45) is 0 Å². The summed E-state index contributed by atoms with van der Waals surface area (Å²) in [6, 6.07) is 23.5. The van der Waals surface area contributed by atoms with E-state index in [-0.39, 0.29) is 5.91 Å². The number of carbonyl (C=O) groups excluding carboxylic acids is 1. The molecule has 0 radical (unpaired) electrons. The summed E-state index contributed by atoms with van der Waals surface area (Å²) in [5, 5.41) is 9.15. The molecule has 2 N–H and O–H groups in total. The molecular weight excluding hydrogens is 378 g/mol. The third kappa shape index (κ3) is 4.70. The standard InChI is InChI=1S/C24H21N3OS/c1-16-9-11-18(12-10-16)23(28)25-21-8-4-6-19(14-21)22-15-29-24(27-22)26-20-7-3-5-17(2)13-20/h3-15H,1-2H3,(H,25,28)(H,26,27). The van der Waals surface area contributed by atoms with Crippen LogP contribution in [0.25, 0.3) is 11.3 Å². The molecule has 0 bridgehead atoms. The van der Waals surface area contributed by atoms with Crippen LogP contribution in [0.1, 0.15) is 21.5 Å². The van der Waals surface area contributed by atoms with E-state index in [9.17, 15) is 4.79 Å². The van der Waals surface area contributed by atoms with E-state index in [1.807, 2.05) is 73.0 Å². The highest BCUT2D eigenvalue weighted by molar-refractivity contribution is 7.14. The van der Waals surface area contributed by atoms with Crippen LogP contribution in [0.4, 0.5) is 16.5 Å². The maximum Gasteiger partial charge on any atom is 0.255 e. The molecule has 4 rings (SSSR count). The summed E-state index contributed by atoms with van der Waals surface area (Å²) in [7, 11) is 0. The molecule has 0 saturated heterocycles. The van der Waals surface area contributed by atoms with Gasteiger partial charge in [-0.25, -0.2) is 4.98 Å². The molecule has 0 unspecified atom stereocenters. The molecule has 0 aliphatic carbocycles. The molecule has 0 atom stereocenters. The highest BCUT2D eigenvalue weighted by Gasteiger charge is 2.09. The van der Waals surface area contributed by atoms with Gasteiger partial charge in [-0.05, 0) is 55.8 Å². The van der Waals surface area contributed by atoms with Crippen LogP contribution in [-0.4, -0.2) is 10.9 Å². The van der Waals surface area contributed by atoms with E-state index in [4.69, 9.17) is 0 Å². The molecule has 0 saturated carbocycles. The molecule has 0 fully saturated rings. The van der Waals surface area contributed by atoms with Crippen molar-refractivity contribution < 1.29 is 4.79 Å². The lowest BCUT2D eigenvalue weighted by Crippen LogP contribution is -2.11. The van der Waals surface area contributed by atoms with Gasteiger partial charge in [0.1, 0.15) is 0 Å². The number of aromatic nitrogens is 1. The van der Waals surface area contributed by atoms with Gasteiger partial charge in [-0.1, -0.05) is 42.0 Å². The van der Waals surface area contributed by atoms with Gasteiger partial charge in [-0.15, -0.1) is 11.3 Å². The van der Waals surface area contributed by atoms with Gasteiger partial charge in [-0.2, -0.15) is 0 Å². The zero-order valence-corrected chi connectivity index (χ0v) is 17.1. The lowest BCUT2D eigenvalue weighted by molar-refractivity contribution is 0.102. The number of carbonyl (C=O) groups is 1. The van der Waals surface area contributed by atoms with Crippen molar-refractivity contribution in [1.29, 1.82) is 0 Å². The number of aryl methyl sites for hydroxylation is 2. The number of benzene rings is 3. The van der Waals surface area contributed by atoms with E-state index >= 15 is 0 Å². The second-order valence-corrected chi connectivity index (χ2v) is 7.79. The quantitative estimate of drug-likeness (QED) is 0.407. The van der Waals surface area contributed by atoms with Gasteiger partial charge >= 0.3 is 0 Å². The van der Waals surface area contributed by atoms with E-state index < -0.39 is 0 Å². The molecule has 0 aliphatic heterocycles. The van der Waals surface area contributed by atoms with Crippen LogP contribution in [0.5, 0.6) is 0 Å². The van der Waals surface area contributed by atoms with Crippen molar-refractivity contribution in [1.82, 2.24) is 4.98 Å². The molecule has 4 aromatic rings. The van der Waals surface area contributed by atoms with Crippen LogP contribution in [0, 0.1) is 13.8 Å². The fourth-order valence-corrected chi connectivity index (χ4v) is 3.71. The van der Waals surface area contributed by atoms with Crippen molar-refractivity contribution >= 4 is 33.8 Å². The highest BCUT2D eigenvalue weighted by Crippen LogP contribution is 2.29. The van der Waals surface area contributed by atoms with Crippen molar-refractivity contribution in [3.05, 3.63) is 94.9 Å². The Morgan fingerprint density at radius 2 is 1.62 bits per heavy atom. The van der Waals surface area contributed by atoms with Crippen LogP contribution >= 0.6 is 11.3 Å². The largest absolute Gasteiger partial charge is 0.332 e. The minimum Gasteiger partial charge on any atom is -0.332 e. The Morgan fingerprint density at radius 1 is 0.862 bits per heavy atom. The average Bonchev–Trinajstić information content (AvgIpc) is 3.17. The normalized spacial score (nSPS) is 10.6. The molecule has 4 nitrogen and oxygen atoms in total. The minimum absolute atomic E-state index is 0.123. The van der Waals surface area contributed by atoms with Gasteiger partial charge in [0.15, 0.2) is 5.13 Å². The first-order valence-corrected chi connectivity index (χ1v) is 10.2. The molecule has 1 heterocycles. The summed E-state index contributed by atoms with van der Waals surface area (Å²) in [6.07, 6.45) is 0. The van der Waals surface area contributed by atoms with Crippen molar-refractivity contribution in [2.75, 3.05) is 10.6 Å². The predicted molar refractivity (Wildman–Crippen MR) is 121 cm³/mol. The monoisotopic (exact) mass is 399 g/mol. The Kier molecular flexibility index (Phi) is 5.40. The Bertz CT molecular complexity index is 1150. The number of hydrogen-bond donors (Lipinski definition) is 2. The molecule has 5 heteroatoms. The Balaban J connectivity index is 1.49. The number of hydrogen-bond acceptors (Lipinski definition) is 4. The van der Waals surface area contributed by atoms with Crippen LogP contribution in [0.3, 0.4) is 0 Å². The van der Waals surface area contributed by atoms with E-state index in [1.165, 1.54) is 5.56 Å². The first-order valence-electron chi connectivity index (χ1n) is 9.34. The summed E-state index contributed by atoms with van der Waals surface area (Å²) in [6.45, 7) is 4.07. The third-order valence-electron chi connectivity index (χ3n) is 4.50. The van der Waals surface area contributed by atoms with Gasteiger partial charge in [-0.3, -0.25) is 4.79 Å². The fraction of sp³-hybridized carbons (Fsp3) is 0.0833. The van der Waals surface area contributed by atoms with Gasteiger partial charge in [0.25, 0.3) is 5.91 Å². The zero-order valence-electron chi connectivity index (χ0n) is 16.3. The Labute approximate surface area is 174 Å². The topological polar surface area (TPSA) is 54.0 Å². The molecule has 1 amide bonds. The molecule has 144 valence electrons. The van der Waals surface area contributed by atoms with Crippen LogP contribution in [0.2, 0.25) is 0 Å². The van der Waals surface area contributed by atoms with E-state index in [0.717, 1.165) is 33.3 Å². The molecule has 3 aromatic carbocycles. The predicted octanol–water partition coefficient (Wildman–Crippen LogP) is 6.42. The summed E-state index contributed by atoms with van der Waals surface area (Å²) in [4.78, 5) is 17.2. The first-order chi connectivity index (χ1) is 14.1. The number of rotatable bonds is 5. The highest BCUT2D eigenvalue weighted by atomic mass is 32.1. The third-order valence-corrected chi connectivity index (χ3v) is 5.26. The minimum atomic E-state index is -0.123. The zero-order chi connectivity index (χ0) is 20.2. The number of amides is 1. The van der Waals surface area contributed by atoms with E-state index in [2.05, 4.69) is 34.7 Å². The van der Waals surface area contributed by atoms with Crippen molar-refractivity contribution in [3.8, 4) is 11.3 Å². The molecule has 29 heavy (non-hydrogen) atoms. The molecule has 1 aromatic heterocycles. The van der Waals surface area contributed by atoms with Crippen molar-refractivity contribution in [2.45, 2.75) is 13.8 Å². The van der Waals surface area contributed by atoms with Gasteiger partial charge < -0.3 is 10.6 Å². The summed E-state index contributed by atoms with van der Waals surface area (Å²) in [5.74, 6) is -0.123. The van der Waals surface area contributed by atoms with Gasteiger partial charge in [0.05, 0.1) is 5.69 Å². The molecular formula is C24H21N3OS. The van der Waals surface area contributed by atoms with Gasteiger partial charge in [0.2, 0.25) is 0 Å². The molecule has 0 spiro atoms. The first kappa shape index (κ1) is 18.9. The smallest absolute Gasteiger partial charge is 0.255 e. The number of thiazole rings is 1. The fourth-order valence-electron chi connectivity index (χ4n) is 2.97. The number of nitrogens with zero attached hydrogens (tertiary/aromatic N) is 1. The average molecular weight is 400 g/mol. The van der Waals surface area contributed by atoms with E-state index in [1.54, 1.807) is 11.3 Å². The SMILES string of the molecule is Cc1ccc(C(=O)Nc2cccc(-c3csc(Nc4cccc(C)c4)n3)c2)cc1. The lowest BCUT2D eigenvalue weighted by Gasteiger charge is -2.07. The number of nitrogens with one attached hydrogen (secondary N) is 2. The Morgan fingerprint density at radius 3 is 2.41 bits per heavy atom. The van der Waals surface area contributed by atoms with Crippen molar-refractivity contribution in [3.63, 3.8) is 0 Å². The summed E-state index contributed by atoms with van der Waals surface area (Å²) >= 11 is 1.55. The lowest BCUT2D eigenvalue weighted by atomic mass is 10.1. The maximum absolute atomic E-state index is 12.5. The van der Waals surface area contributed by atoms with Crippen LogP contribution < -0.4 is 10.6 Å². The maximum atomic E-state index is 12.5. The Hall–Kier alpha value is -3.44. The van der Waals surface area contributed by atoms with Gasteiger partial charge in [0, 0.05) is 27.9 Å². The summed E-state index contributed by atoms with van der Waals surface area (Å²) < 4.78 is 0. The van der Waals surface area contributed by atoms with Crippen LogP contribution in [-0.2, 0) is 0 Å².